The molecule has 0 saturated carbocycles. The largest absolute Gasteiger partial charge is 0.341 e. The molecule has 2 aliphatic rings. The van der Waals surface area contributed by atoms with Gasteiger partial charge in [0.15, 0.2) is 0 Å². The highest BCUT2D eigenvalue weighted by Gasteiger charge is 2.37. The van der Waals surface area contributed by atoms with Crippen molar-refractivity contribution >= 4 is 34.9 Å². The molecule has 2 aromatic rings. The van der Waals surface area contributed by atoms with Gasteiger partial charge in [-0.05, 0) is 68.3 Å². The van der Waals surface area contributed by atoms with Gasteiger partial charge >= 0.3 is 0 Å². The number of rotatable bonds is 4. The number of likely N-dealkylation sites (tertiary alicyclic amines) is 1. The highest BCUT2D eigenvalue weighted by Crippen LogP contribution is 2.33. The maximum absolute atomic E-state index is 12.8. The topological polar surface area (TPSA) is 75.5 Å². The van der Waals surface area contributed by atoms with E-state index in [1.807, 2.05) is 32.0 Å². The molecule has 3 amide bonds. The molecule has 0 aromatic carbocycles. The van der Waals surface area contributed by atoms with Crippen molar-refractivity contribution < 1.29 is 14.4 Å². The van der Waals surface area contributed by atoms with Crippen LogP contribution in [-0.2, 0) is 9.59 Å². The summed E-state index contributed by atoms with van der Waals surface area (Å²) in [5.41, 5.74) is 3.76. The summed E-state index contributed by atoms with van der Waals surface area (Å²) in [6.45, 7) is 5.16. The number of carbonyl (C=O) groups is 3. The molecule has 2 saturated heterocycles. The smallest absolute Gasteiger partial charge is 0.294 e. The van der Waals surface area contributed by atoms with Crippen molar-refractivity contribution in [3.63, 3.8) is 0 Å². The predicted molar refractivity (Wildman–Crippen MR) is 112 cm³/mol. The van der Waals surface area contributed by atoms with Crippen molar-refractivity contribution in [2.45, 2.75) is 26.7 Å². The highest BCUT2D eigenvalue weighted by atomic mass is 32.2. The second-order valence-electron chi connectivity index (χ2n) is 7.23. The summed E-state index contributed by atoms with van der Waals surface area (Å²) < 4.78 is 2.06. The zero-order valence-electron chi connectivity index (χ0n) is 16.4. The van der Waals surface area contributed by atoms with E-state index in [0.29, 0.717) is 18.0 Å². The summed E-state index contributed by atoms with van der Waals surface area (Å²) in [7, 11) is 0. The van der Waals surface area contributed by atoms with Crippen LogP contribution >= 0.6 is 11.8 Å². The Labute approximate surface area is 173 Å². The highest BCUT2D eigenvalue weighted by molar-refractivity contribution is 8.18. The van der Waals surface area contributed by atoms with Gasteiger partial charge in [-0.25, -0.2) is 0 Å². The van der Waals surface area contributed by atoms with E-state index in [1.54, 1.807) is 23.4 Å². The Balaban J connectivity index is 1.57. The Hall–Kier alpha value is -2.87. The van der Waals surface area contributed by atoms with Gasteiger partial charge in [-0.3, -0.25) is 24.3 Å². The second-order valence-corrected chi connectivity index (χ2v) is 8.22. The standard InChI is InChI=1S/C21H22N4O3S/c1-14-10-16(15(2)25(14)17-6-5-7-22-12-17)11-18-20(27)24(21(28)29-18)13-19(26)23-8-3-4-9-23/h5-7,10-12H,3-4,8-9,13H2,1-2H3. The van der Waals surface area contributed by atoms with E-state index >= 15 is 0 Å². The Bertz CT molecular complexity index is 1010. The number of nitrogens with zero attached hydrogens (tertiary/aromatic N) is 4. The number of hydrogen-bond acceptors (Lipinski definition) is 5. The van der Waals surface area contributed by atoms with Crippen molar-refractivity contribution in [1.82, 2.24) is 19.4 Å². The molecule has 4 rings (SSSR count). The maximum Gasteiger partial charge on any atom is 0.294 e. The van der Waals surface area contributed by atoms with Gasteiger partial charge in [0.1, 0.15) is 6.54 Å². The van der Waals surface area contributed by atoms with Gasteiger partial charge in [0.2, 0.25) is 5.91 Å². The van der Waals surface area contributed by atoms with Crippen molar-refractivity contribution in [2.75, 3.05) is 19.6 Å². The fourth-order valence-corrected chi connectivity index (χ4v) is 4.63. The molecule has 2 aliphatic heterocycles. The van der Waals surface area contributed by atoms with Gasteiger partial charge in [-0.15, -0.1) is 0 Å². The molecule has 150 valence electrons. The Morgan fingerprint density at radius 1 is 1.24 bits per heavy atom. The Morgan fingerprint density at radius 2 is 2.00 bits per heavy atom. The van der Waals surface area contributed by atoms with Gasteiger partial charge in [0, 0.05) is 30.7 Å². The first-order chi connectivity index (χ1) is 14.0. The van der Waals surface area contributed by atoms with Crippen molar-refractivity contribution in [3.8, 4) is 5.69 Å². The zero-order chi connectivity index (χ0) is 20.5. The fraction of sp³-hybridized carbons (Fsp3) is 0.333. The van der Waals surface area contributed by atoms with Crippen LogP contribution in [0.4, 0.5) is 4.79 Å². The second kappa shape index (κ2) is 7.87. The molecule has 4 heterocycles. The molecule has 0 spiro atoms. The van der Waals surface area contributed by atoms with E-state index in [0.717, 1.165) is 52.1 Å². The molecule has 7 nitrogen and oxygen atoms in total. The molecule has 0 N–H and O–H groups in total. The zero-order valence-corrected chi connectivity index (χ0v) is 17.2. The minimum Gasteiger partial charge on any atom is -0.341 e. The number of amides is 3. The molecule has 8 heteroatoms. The third-order valence-electron chi connectivity index (χ3n) is 5.29. The lowest BCUT2D eigenvalue weighted by atomic mass is 10.2. The van der Waals surface area contributed by atoms with Crippen molar-refractivity contribution in [2.24, 2.45) is 0 Å². The first-order valence-corrected chi connectivity index (χ1v) is 10.4. The van der Waals surface area contributed by atoms with Crippen LogP contribution in [0.3, 0.4) is 0 Å². The van der Waals surface area contributed by atoms with Gasteiger partial charge in [-0.1, -0.05) is 0 Å². The molecule has 0 bridgehead atoms. The van der Waals surface area contributed by atoms with Crippen LogP contribution in [0.25, 0.3) is 11.8 Å². The van der Waals surface area contributed by atoms with Crippen LogP contribution in [0.1, 0.15) is 29.8 Å². The third kappa shape index (κ3) is 3.72. The van der Waals surface area contributed by atoms with Gasteiger partial charge < -0.3 is 9.47 Å². The number of thioether (sulfide) groups is 1. The first-order valence-electron chi connectivity index (χ1n) is 9.58. The van der Waals surface area contributed by atoms with E-state index in [4.69, 9.17) is 0 Å². The van der Waals surface area contributed by atoms with Gasteiger partial charge in [0.25, 0.3) is 11.1 Å². The lowest BCUT2D eigenvalue weighted by Crippen LogP contribution is -2.40. The molecular weight excluding hydrogens is 388 g/mol. The SMILES string of the molecule is Cc1cc(C=C2SC(=O)N(CC(=O)N3CCCC3)C2=O)c(C)n1-c1cccnc1. The predicted octanol–water partition coefficient (Wildman–Crippen LogP) is 3.15. The van der Waals surface area contributed by atoms with Crippen LogP contribution in [0, 0.1) is 13.8 Å². The summed E-state index contributed by atoms with van der Waals surface area (Å²) in [5, 5.41) is -0.394. The maximum atomic E-state index is 12.8. The van der Waals surface area contributed by atoms with Crippen LogP contribution in [0.5, 0.6) is 0 Å². The molecule has 2 aromatic heterocycles. The van der Waals surface area contributed by atoms with Gasteiger partial charge in [-0.2, -0.15) is 0 Å². The summed E-state index contributed by atoms with van der Waals surface area (Å²) in [5.74, 6) is -0.570. The monoisotopic (exact) mass is 410 g/mol. The Kier molecular flexibility index (Phi) is 5.27. The number of imide groups is 1. The average molecular weight is 410 g/mol. The van der Waals surface area contributed by atoms with Crippen LogP contribution < -0.4 is 0 Å². The number of hydrogen-bond donors (Lipinski definition) is 0. The third-order valence-corrected chi connectivity index (χ3v) is 6.19. The van der Waals surface area contributed by atoms with E-state index in [9.17, 15) is 14.4 Å². The van der Waals surface area contributed by atoms with Crippen LogP contribution in [0.15, 0.2) is 35.5 Å². The van der Waals surface area contributed by atoms with Crippen molar-refractivity contribution in [1.29, 1.82) is 0 Å². The molecular formula is C21H22N4O3S. The van der Waals surface area contributed by atoms with E-state index in [1.165, 1.54) is 0 Å². The lowest BCUT2D eigenvalue weighted by molar-refractivity contribution is -0.135. The summed E-state index contributed by atoms with van der Waals surface area (Å²) in [6.07, 6.45) is 7.18. The average Bonchev–Trinajstić information content (AvgIpc) is 3.40. The number of aromatic nitrogens is 2. The number of aryl methyl sites for hydroxylation is 1. The van der Waals surface area contributed by atoms with E-state index < -0.39 is 11.1 Å². The normalized spacial score (nSPS) is 18.3. The van der Waals surface area contributed by atoms with Crippen molar-refractivity contribution in [3.05, 3.63) is 52.4 Å². The minimum atomic E-state index is -0.404. The molecule has 0 aliphatic carbocycles. The molecule has 0 atom stereocenters. The molecule has 2 fully saturated rings. The fourth-order valence-electron chi connectivity index (χ4n) is 3.80. The van der Waals surface area contributed by atoms with Crippen LogP contribution in [-0.4, -0.2) is 56.0 Å². The molecule has 0 unspecified atom stereocenters. The summed E-state index contributed by atoms with van der Waals surface area (Å²) in [4.78, 5) is 44.8. The number of carbonyl (C=O) groups excluding carboxylic acids is 3. The van der Waals surface area contributed by atoms with E-state index in [-0.39, 0.29) is 12.5 Å². The quantitative estimate of drug-likeness (QED) is 0.724. The summed E-state index contributed by atoms with van der Waals surface area (Å²) in [6, 6.07) is 5.82. The molecule has 29 heavy (non-hydrogen) atoms. The Morgan fingerprint density at radius 3 is 2.69 bits per heavy atom. The van der Waals surface area contributed by atoms with E-state index in [2.05, 4.69) is 9.55 Å². The van der Waals surface area contributed by atoms with Crippen LogP contribution in [0.2, 0.25) is 0 Å². The first kappa shape index (κ1) is 19.4. The lowest BCUT2D eigenvalue weighted by Gasteiger charge is -2.18. The minimum absolute atomic E-state index is 0.166. The number of pyridine rings is 1. The summed E-state index contributed by atoms with van der Waals surface area (Å²) >= 11 is 0.887. The van der Waals surface area contributed by atoms with Gasteiger partial charge in [0.05, 0.1) is 16.8 Å². The molecule has 0 radical (unpaired) electrons.